The third-order valence-corrected chi connectivity index (χ3v) is 5.93. The van der Waals surface area contributed by atoms with E-state index in [1.807, 2.05) is 24.3 Å². The van der Waals surface area contributed by atoms with Crippen LogP contribution in [0.1, 0.15) is 19.4 Å². The van der Waals surface area contributed by atoms with Gasteiger partial charge in [-0.25, -0.2) is 4.79 Å². The first-order valence-electron chi connectivity index (χ1n) is 10.1. The third-order valence-electron chi connectivity index (χ3n) is 4.96. The van der Waals surface area contributed by atoms with Gasteiger partial charge < -0.3 is 19.7 Å². The summed E-state index contributed by atoms with van der Waals surface area (Å²) in [4.78, 5) is 46.8. The molecule has 11 heteroatoms. The van der Waals surface area contributed by atoms with E-state index in [1.54, 1.807) is 6.92 Å². The number of carbonyl (C=O) groups is 3. The minimum atomic E-state index is -1.01. The predicted octanol–water partition coefficient (Wildman–Crippen LogP) is 3.44. The molecule has 2 bridgehead atoms. The maximum atomic E-state index is 12.5. The quantitative estimate of drug-likeness (QED) is 0.0939. The lowest BCUT2D eigenvalue weighted by Crippen LogP contribution is -2.72. The molecule has 5 rings (SSSR count). The number of nitro benzene ring substituents is 1. The maximum Gasteiger partial charge on any atom is 0.333 e. The van der Waals surface area contributed by atoms with Gasteiger partial charge in [0.1, 0.15) is 29.1 Å². The van der Waals surface area contributed by atoms with Crippen molar-refractivity contribution in [1.29, 1.82) is 0 Å². The van der Waals surface area contributed by atoms with Crippen LogP contribution in [-0.2, 0) is 25.7 Å². The Hall–Kier alpha value is -3.73. The van der Waals surface area contributed by atoms with Crippen molar-refractivity contribution in [3.63, 3.8) is 0 Å². The highest BCUT2D eigenvalue weighted by atomic mass is 79.9. The van der Waals surface area contributed by atoms with Crippen LogP contribution in [0.5, 0.6) is 11.5 Å². The molecule has 2 aromatic carbocycles. The normalized spacial score (nSPS) is 18.1. The Morgan fingerprint density at radius 2 is 1.82 bits per heavy atom. The van der Waals surface area contributed by atoms with Crippen molar-refractivity contribution in [3.05, 3.63) is 76.4 Å². The summed E-state index contributed by atoms with van der Waals surface area (Å²) in [6.45, 7) is 6.53. The molecule has 3 heterocycles. The van der Waals surface area contributed by atoms with Crippen molar-refractivity contribution >= 4 is 39.4 Å². The minimum Gasteiger partial charge on any atom is -0.459 e. The fraction of sp³-hybridized carbons (Fsp3) is 0.261. The van der Waals surface area contributed by atoms with Crippen molar-refractivity contribution in [3.8, 4) is 11.5 Å². The number of amides is 2. The number of nitrogens with one attached hydrogen (secondary N) is 1. The first kappa shape index (κ1) is 24.9. The minimum absolute atomic E-state index is 0.0674. The first-order valence-corrected chi connectivity index (χ1v) is 11.1. The predicted molar refractivity (Wildman–Crippen MR) is 125 cm³/mol. The second-order valence-electron chi connectivity index (χ2n) is 7.65. The van der Waals surface area contributed by atoms with Gasteiger partial charge in [0.2, 0.25) is 11.8 Å². The number of non-ortho nitro benzene ring substituents is 1. The van der Waals surface area contributed by atoms with Crippen molar-refractivity contribution in [1.82, 2.24) is 10.2 Å². The topological polar surface area (TPSA) is 128 Å². The Balaban J connectivity index is 0.000000387. The highest BCUT2D eigenvalue weighted by Crippen LogP contribution is 2.33. The van der Waals surface area contributed by atoms with Gasteiger partial charge in [0.25, 0.3) is 5.69 Å². The number of nitrogens with zero attached hydrogens (tertiary/aromatic N) is 2. The van der Waals surface area contributed by atoms with E-state index in [2.05, 4.69) is 27.8 Å². The van der Waals surface area contributed by atoms with Crippen LogP contribution in [0.25, 0.3) is 0 Å². The van der Waals surface area contributed by atoms with Gasteiger partial charge in [0.05, 0.1) is 4.92 Å². The van der Waals surface area contributed by atoms with Crippen LogP contribution in [-0.4, -0.2) is 44.6 Å². The van der Waals surface area contributed by atoms with Crippen molar-refractivity contribution in [2.24, 2.45) is 0 Å². The number of carbonyl (C=O) groups excluding carboxylic acids is 3. The molecule has 0 aromatic heterocycles. The monoisotopic (exact) mass is 531 g/mol. The zero-order valence-electron chi connectivity index (χ0n) is 18.4. The average Bonchev–Trinajstić information content (AvgIpc) is 2.79. The lowest BCUT2D eigenvalue weighted by molar-refractivity contribution is -0.384. The van der Waals surface area contributed by atoms with Gasteiger partial charge in [0.15, 0.2) is 6.04 Å². The molecule has 0 saturated carbocycles. The van der Waals surface area contributed by atoms with Gasteiger partial charge in [-0.1, -0.05) is 28.6 Å². The molecule has 3 atom stereocenters. The number of hydrogen-bond donors (Lipinski definition) is 1. The molecule has 0 radical (unpaired) electrons. The van der Waals surface area contributed by atoms with Gasteiger partial charge in [-0.15, -0.1) is 0 Å². The lowest BCUT2D eigenvalue weighted by atomic mass is 9.99. The van der Waals surface area contributed by atoms with Crippen LogP contribution < -0.4 is 10.1 Å². The fourth-order valence-corrected chi connectivity index (χ4v) is 4.07. The van der Waals surface area contributed by atoms with Gasteiger partial charge in [-0.3, -0.25) is 19.7 Å². The molecule has 0 aliphatic carbocycles. The lowest BCUT2D eigenvalue weighted by Gasteiger charge is -2.47. The number of nitro groups is 1. The summed E-state index contributed by atoms with van der Waals surface area (Å²) in [5, 5.41) is 13.2. The molecule has 1 fully saturated rings. The SMILES string of the molecule is C=C(C)C(C(=O)OCc1ccc([N+](=O)[O-])cc1)N1C(=O)C(NC(C)=O)C1Br.c1cc2cc(c1)O2. The Labute approximate surface area is 203 Å². The van der Waals surface area contributed by atoms with E-state index in [9.17, 15) is 24.5 Å². The Kier molecular flexibility index (Phi) is 7.67. The summed E-state index contributed by atoms with van der Waals surface area (Å²) in [6.07, 6.45) is 0. The number of hydrogen-bond acceptors (Lipinski definition) is 7. The number of halogens is 1. The summed E-state index contributed by atoms with van der Waals surface area (Å²) in [7, 11) is 0. The standard InChI is InChI=1S/C17H18BrN3O6.C6H4O/c1-9(2)14(20-15(18)13(16(20)23)19-10(3)22)17(24)27-8-11-4-6-12(7-5-11)21(25)26;1-2-5-4-6(3-1)7-5/h4-7,13-15H,1,8H2,2-3H3,(H,19,22);1-4H. The van der Waals surface area contributed by atoms with E-state index in [-0.39, 0.29) is 18.2 Å². The first-order chi connectivity index (χ1) is 16.1. The molecule has 0 spiro atoms. The summed E-state index contributed by atoms with van der Waals surface area (Å²) >= 11 is 3.29. The van der Waals surface area contributed by atoms with E-state index >= 15 is 0 Å². The van der Waals surface area contributed by atoms with E-state index in [0.29, 0.717) is 11.1 Å². The van der Waals surface area contributed by atoms with Crippen molar-refractivity contribution in [2.45, 2.75) is 37.5 Å². The number of β-lactam (4-membered cyclic amide) rings is 1. The average molecular weight is 532 g/mol. The molecule has 34 heavy (non-hydrogen) atoms. The van der Waals surface area contributed by atoms with Gasteiger partial charge >= 0.3 is 5.97 Å². The maximum absolute atomic E-state index is 12.5. The summed E-state index contributed by atoms with van der Waals surface area (Å²) in [6, 6.07) is 11.7. The smallest absolute Gasteiger partial charge is 0.333 e. The Morgan fingerprint density at radius 3 is 2.21 bits per heavy atom. The fourth-order valence-electron chi connectivity index (χ4n) is 3.28. The van der Waals surface area contributed by atoms with E-state index in [4.69, 9.17) is 9.47 Å². The summed E-state index contributed by atoms with van der Waals surface area (Å²) in [5.41, 5.74) is 0.904. The van der Waals surface area contributed by atoms with Gasteiger partial charge in [0, 0.05) is 25.1 Å². The third kappa shape index (κ3) is 5.60. The zero-order chi connectivity index (χ0) is 25.0. The number of likely N-dealkylation sites (tertiary alicyclic amines) is 1. The summed E-state index contributed by atoms with van der Waals surface area (Å²) < 4.78 is 10.3. The van der Waals surface area contributed by atoms with Crippen LogP contribution in [0.3, 0.4) is 0 Å². The number of esters is 1. The molecule has 3 aliphatic heterocycles. The number of rotatable bonds is 7. The van der Waals surface area contributed by atoms with E-state index in [1.165, 1.54) is 36.1 Å². The van der Waals surface area contributed by atoms with Gasteiger partial charge in [-0.2, -0.15) is 0 Å². The Morgan fingerprint density at radius 1 is 1.24 bits per heavy atom. The molecule has 1 saturated heterocycles. The van der Waals surface area contributed by atoms with E-state index < -0.39 is 33.8 Å². The van der Waals surface area contributed by atoms with Crippen molar-refractivity contribution in [2.75, 3.05) is 0 Å². The summed E-state index contributed by atoms with van der Waals surface area (Å²) in [5.74, 6) is 0.507. The number of alkyl halides is 1. The molecule has 3 aliphatic rings. The largest absolute Gasteiger partial charge is 0.459 e. The molecule has 2 aromatic rings. The number of benzene rings is 2. The second kappa shape index (κ2) is 10.5. The molecule has 178 valence electrons. The highest BCUT2D eigenvalue weighted by Gasteiger charge is 2.52. The Bertz CT molecular complexity index is 1110. The molecule has 2 amide bonds. The highest BCUT2D eigenvalue weighted by molar-refractivity contribution is 9.09. The second-order valence-corrected chi connectivity index (χ2v) is 8.59. The molecule has 3 unspecified atom stereocenters. The molecular weight excluding hydrogens is 510 g/mol. The van der Waals surface area contributed by atoms with Crippen LogP contribution >= 0.6 is 15.9 Å². The molecule has 10 nitrogen and oxygen atoms in total. The van der Waals surface area contributed by atoms with Crippen LogP contribution in [0.15, 0.2) is 60.7 Å². The number of fused-ring (bicyclic) bond motifs is 2. The zero-order valence-corrected chi connectivity index (χ0v) is 20.0. The molecular formula is C23H22BrN3O7. The van der Waals surface area contributed by atoms with Gasteiger partial charge in [-0.05, 0) is 42.3 Å². The van der Waals surface area contributed by atoms with Crippen LogP contribution in [0.4, 0.5) is 5.69 Å². The van der Waals surface area contributed by atoms with Crippen LogP contribution in [0.2, 0.25) is 0 Å². The molecule has 1 N–H and O–H groups in total. The van der Waals surface area contributed by atoms with E-state index in [0.717, 1.165) is 11.5 Å². The number of ether oxygens (including phenoxy) is 2. The van der Waals surface area contributed by atoms with Crippen LogP contribution in [0, 0.1) is 10.1 Å². The van der Waals surface area contributed by atoms with Crippen molar-refractivity contribution < 1.29 is 28.8 Å².